The van der Waals surface area contributed by atoms with Gasteiger partial charge in [0, 0.05) is 11.8 Å². The van der Waals surface area contributed by atoms with Gasteiger partial charge < -0.3 is 15.8 Å². The number of nitrogens with one attached hydrogen (secondary N) is 1. The van der Waals surface area contributed by atoms with Crippen LogP contribution in [-0.2, 0) is 16.6 Å². The van der Waals surface area contributed by atoms with Gasteiger partial charge in [0.1, 0.15) is 10.8 Å². The van der Waals surface area contributed by atoms with Gasteiger partial charge in [0.25, 0.3) is 0 Å². The molecule has 0 fully saturated rings. The molecule has 2 rings (SSSR count). The van der Waals surface area contributed by atoms with Crippen LogP contribution in [0, 0.1) is 6.92 Å². The maximum atomic E-state index is 12.7. The Kier molecular flexibility index (Phi) is 9.44. The summed E-state index contributed by atoms with van der Waals surface area (Å²) in [7, 11) is -1.26. The van der Waals surface area contributed by atoms with E-state index in [0.29, 0.717) is 23.1 Å². The van der Waals surface area contributed by atoms with Gasteiger partial charge in [0.05, 0.1) is 40.2 Å². The highest BCUT2D eigenvalue weighted by molar-refractivity contribution is 7.88. The number of allylic oxidation sites excluding steroid dienone is 1. The molecule has 6 heteroatoms. The van der Waals surface area contributed by atoms with E-state index in [9.17, 15) is 4.21 Å². The number of benzene rings is 1. The van der Waals surface area contributed by atoms with Crippen molar-refractivity contribution in [2.24, 2.45) is 0 Å². The molecule has 0 saturated carbocycles. The van der Waals surface area contributed by atoms with E-state index in [0.717, 1.165) is 22.7 Å². The number of ether oxygens (including phenoxy) is 1. The number of nitrogen functional groups attached to an aromatic ring is 1. The fourth-order valence-corrected chi connectivity index (χ4v) is 3.40. The molecule has 1 aromatic carbocycles. The summed E-state index contributed by atoms with van der Waals surface area (Å²) in [5, 5.41) is 3.76. The minimum absolute atomic E-state index is 0.312. The summed E-state index contributed by atoms with van der Waals surface area (Å²) in [6.45, 7) is 10.3. The molecule has 0 aliphatic rings. The van der Waals surface area contributed by atoms with Crippen LogP contribution >= 0.6 is 0 Å². The van der Waals surface area contributed by atoms with Crippen molar-refractivity contribution in [1.82, 2.24) is 4.98 Å². The number of nitrogens with two attached hydrogens (primary N) is 1. The van der Waals surface area contributed by atoms with Gasteiger partial charge in [-0.05, 0) is 39.0 Å². The van der Waals surface area contributed by atoms with Crippen molar-refractivity contribution in [3.05, 3.63) is 58.9 Å². The molecule has 1 aromatic heterocycles. The van der Waals surface area contributed by atoms with Crippen molar-refractivity contribution in [2.75, 3.05) is 17.7 Å². The van der Waals surface area contributed by atoms with Crippen molar-refractivity contribution in [2.45, 2.75) is 40.4 Å². The van der Waals surface area contributed by atoms with Crippen molar-refractivity contribution in [1.29, 1.82) is 0 Å². The van der Waals surface area contributed by atoms with Crippen LogP contribution in [0.1, 0.15) is 39.0 Å². The summed E-state index contributed by atoms with van der Waals surface area (Å²) in [6.07, 6.45) is 3.48. The first kappa shape index (κ1) is 21.7. The number of anilines is 2. The molecule has 0 aliphatic heterocycles. The second-order valence-electron chi connectivity index (χ2n) is 5.17. The second kappa shape index (κ2) is 11.3. The Labute approximate surface area is 159 Å². The number of hydrogen-bond acceptors (Lipinski definition) is 5. The van der Waals surface area contributed by atoms with Crippen LogP contribution in [0.25, 0.3) is 0 Å². The average molecular weight is 376 g/mol. The van der Waals surface area contributed by atoms with Gasteiger partial charge in [-0.1, -0.05) is 32.1 Å². The molecule has 5 nitrogen and oxygen atoms in total. The standard InChI is InChI=1S/C18H23N3O2S.C2H6/c1-4-18(21-15-9-7-6-8-14(15)19)24(22)12-16-13(3)17(23-5-2)10-11-20-16;1-2/h4,6-11,21H,5,12,19H2,1-3H3;1-2H3/b18-4+;. The second-order valence-corrected chi connectivity index (χ2v) is 6.59. The van der Waals surface area contributed by atoms with Gasteiger partial charge in [0.2, 0.25) is 0 Å². The van der Waals surface area contributed by atoms with Crippen molar-refractivity contribution in [3.63, 3.8) is 0 Å². The van der Waals surface area contributed by atoms with E-state index in [1.54, 1.807) is 18.3 Å². The Bertz CT molecular complexity index is 760. The van der Waals surface area contributed by atoms with Crippen LogP contribution in [0.3, 0.4) is 0 Å². The Balaban J connectivity index is 0.00000163. The highest BCUT2D eigenvalue weighted by atomic mass is 32.2. The van der Waals surface area contributed by atoms with Crippen LogP contribution in [-0.4, -0.2) is 15.8 Å². The average Bonchev–Trinajstić information content (AvgIpc) is 2.66. The lowest BCUT2D eigenvalue weighted by Gasteiger charge is -2.14. The predicted octanol–water partition coefficient (Wildman–Crippen LogP) is 4.62. The Morgan fingerprint density at radius 3 is 2.62 bits per heavy atom. The van der Waals surface area contributed by atoms with Crippen LogP contribution in [0.4, 0.5) is 11.4 Å². The molecular formula is C20H29N3O2S. The third-order valence-electron chi connectivity index (χ3n) is 3.55. The van der Waals surface area contributed by atoms with E-state index in [-0.39, 0.29) is 0 Å². The number of nitrogens with zero attached hydrogens (tertiary/aromatic N) is 1. The highest BCUT2D eigenvalue weighted by Crippen LogP contribution is 2.24. The Morgan fingerprint density at radius 2 is 2.00 bits per heavy atom. The van der Waals surface area contributed by atoms with Crippen LogP contribution in [0.5, 0.6) is 5.75 Å². The van der Waals surface area contributed by atoms with E-state index >= 15 is 0 Å². The van der Waals surface area contributed by atoms with E-state index in [4.69, 9.17) is 10.5 Å². The van der Waals surface area contributed by atoms with Crippen molar-refractivity contribution in [3.8, 4) is 5.75 Å². The zero-order valence-corrected chi connectivity index (χ0v) is 17.0. The Hall–Kier alpha value is -2.34. The lowest BCUT2D eigenvalue weighted by molar-refractivity contribution is 0.337. The first-order chi connectivity index (χ1) is 12.6. The molecular weight excluding hydrogens is 346 g/mol. The lowest BCUT2D eigenvalue weighted by Crippen LogP contribution is -2.11. The number of rotatable bonds is 7. The van der Waals surface area contributed by atoms with E-state index < -0.39 is 10.8 Å². The molecule has 0 radical (unpaired) electrons. The zero-order valence-electron chi connectivity index (χ0n) is 16.2. The number of hydrogen-bond donors (Lipinski definition) is 2. The highest BCUT2D eigenvalue weighted by Gasteiger charge is 2.14. The molecule has 0 amide bonds. The molecule has 0 bridgehead atoms. The number of pyridine rings is 1. The topological polar surface area (TPSA) is 77.2 Å². The number of aromatic nitrogens is 1. The third-order valence-corrected chi connectivity index (χ3v) is 4.92. The van der Waals surface area contributed by atoms with E-state index in [1.807, 2.05) is 58.9 Å². The molecule has 2 aromatic rings. The van der Waals surface area contributed by atoms with E-state index in [2.05, 4.69) is 10.3 Å². The Morgan fingerprint density at radius 1 is 1.31 bits per heavy atom. The molecule has 1 unspecified atom stereocenters. The molecule has 3 N–H and O–H groups in total. The molecule has 0 aliphatic carbocycles. The smallest absolute Gasteiger partial charge is 0.125 e. The minimum atomic E-state index is -1.26. The monoisotopic (exact) mass is 375 g/mol. The predicted molar refractivity (Wildman–Crippen MR) is 112 cm³/mol. The maximum Gasteiger partial charge on any atom is 0.125 e. The maximum absolute atomic E-state index is 12.7. The largest absolute Gasteiger partial charge is 0.493 e. The summed E-state index contributed by atoms with van der Waals surface area (Å²) < 4.78 is 18.3. The molecule has 1 heterocycles. The van der Waals surface area contributed by atoms with Gasteiger partial charge in [-0.25, -0.2) is 0 Å². The quantitative estimate of drug-likeness (QED) is 0.691. The van der Waals surface area contributed by atoms with Crippen LogP contribution in [0.15, 0.2) is 47.6 Å². The molecule has 0 spiro atoms. The molecule has 0 saturated heterocycles. The van der Waals surface area contributed by atoms with Gasteiger partial charge in [-0.15, -0.1) is 0 Å². The first-order valence-corrected chi connectivity index (χ1v) is 10.1. The van der Waals surface area contributed by atoms with Gasteiger partial charge in [-0.2, -0.15) is 0 Å². The summed E-state index contributed by atoms with van der Waals surface area (Å²) >= 11 is 0. The van der Waals surface area contributed by atoms with Crippen LogP contribution < -0.4 is 15.8 Å². The first-order valence-electron chi connectivity index (χ1n) is 8.80. The molecule has 142 valence electrons. The summed E-state index contributed by atoms with van der Waals surface area (Å²) in [6, 6.07) is 9.22. The summed E-state index contributed by atoms with van der Waals surface area (Å²) in [4.78, 5) is 4.35. The van der Waals surface area contributed by atoms with Gasteiger partial charge in [-0.3, -0.25) is 9.19 Å². The fourth-order valence-electron chi connectivity index (χ4n) is 2.22. The summed E-state index contributed by atoms with van der Waals surface area (Å²) in [5.74, 6) is 1.09. The van der Waals surface area contributed by atoms with E-state index in [1.165, 1.54) is 0 Å². The van der Waals surface area contributed by atoms with Crippen molar-refractivity contribution >= 4 is 22.2 Å². The fraction of sp³-hybridized carbons (Fsp3) is 0.350. The SMILES string of the molecule is C/C=C(\Nc1ccccc1N)S(=O)Cc1nccc(OCC)c1C.CC. The van der Waals surface area contributed by atoms with Gasteiger partial charge in [0.15, 0.2) is 0 Å². The zero-order chi connectivity index (χ0) is 19.5. The summed E-state index contributed by atoms with van der Waals surface area (Å²) in [5.41, 5.74) is 8.97. The van der Waals surface area contributed by atoms with Crippen molar-refractivity contribution < 1.29 is 8.95 Å². The lowest BCUT2D eigenvalue weighted by atomic mass is 10.2. The third kappa shape index (κ3) is 5.88. The molecule has 26 heavy (non-hydrogen) atoms. The molecule has 1 atom stereocenters. The van der Waals surface area contributed by atoms with Gasteiger partial charge >= 0.3 is 0 Å². The number of para-hydroxylation sites is 2. The minimum Gasteiger partial charge on any atom is -0.493 e. The van der Waals surface area contributed by atoms with Crippen LogP contribution in [0.2, 0.25) is 0 Å². The normalized spacial score (nSPS) is 12.0.